The Morgan fingerprint density at radius 3 is 2.71 bits per heavy atom. The summed E-state index contributed by atoms with van der Waals surface area (Å²) in [5.74, 6) is 0. The first-order valence-corrected chi connectivity index (χ1v) is 9.45. The summed E-state index contributed by atoms with van der Waals surface area (Å²) < 4.78 is 29.4. The van der Waals surface area contributed by atoms with Gasteiger partial charge >= 0.3 is 0 Å². The zero-order valence-electron chi connectivity index (χ0n) is 12.1. The molecule has 2 aromatic rings. The maximum Gasteiger partial charge on any atom is 0.244 e. The summed E-state index contributed by atoms with van der Waals surface area (Å²) >= 11 is 4.92. The Hall–Kier alpha value is -0.670. The fourth-order valence-electron chi connectivity index (χ4n) is 2.00. The number of aryl methyl sites for hydroxylation is 1. The van der Waals surface area contributed by atoms with Crippen molar-refractivity contribution in [3.8, 4) is 0 Å². The minimum Gasteiger partial charge on any atom is -0.352 e. The van der Waals surface area contributed by atoms with Crippen molar-refractivity contribution in [3.05, 3.63) is 38.8 Å². The highest BCUT2D eigenvalue weighted by atomic mass is 79.9. The molecule has 0 aromatic carbocycles. The second-order valence-corrected chi connectivity index (χ2v) is 8.76. The number of sulfonamides is 1. The van der Waals surface area contributed by atoms with Crippen LogP contribution in [0.1, 0.15) is 10.6 Å². The largest absolute Gasteiger partial charge is 0.352 e. The predicted octanol–water partition coefficient (Wildman–Crippen LogP) is 2.39. The average Bonchev–Trinajstić information content (AvgIpc) is 2.97. The molecule has 5 nitrogen and oxygen atoms in total. The van der Waals surface area contributed by atoms with E-state index in [1.807, 2.05) is 30.1 Å². The van der Waals surface area contributed by atoms with Gasteiger partial charge in [0.2, 0.25) is 10.0 Å². The highest BCUT2D eigenvalue weighted by Crippen LogP contribution is 2.24. The van der Waals surface area contributed by atoms with E-state index in [1.54, 1.807) is 19.3 Å². The topological polar surface area (TPSA) is 54.3 Å². The predicted molar refractivity (Wildman–Crippen MR) is 88.8 cm³/mol. The van der Waals surface area contributed by atoms with Gasteiger partial charge < -0.3 is 9.88 Å². The average molecular weight is 392 g/mol. The number of halogens is 1. The Bertz CT molecular complexity index is 722. The van der Waals surface area contributed by atoms with Gasteiger partial charge in [-0.2, -0.15) is 4.31 Å². The van der Waals surface area contributed by atoms with Gasteiger partial charge in [-0.15, -0.1) is 11.3 Å². The molecule has 0 fully saturated rings. The van der Waals surface area contributed by atoms with Gasteiger partial charge in [-0.1, -0.05) is 0 Å². The Kier molecular flexibility index (Phi) is 5.26. The summed E-state index contributed by atoms with van der Waals surface area (Å²) in [6.07, 6.45) is 1.66. The zero-order valence-corrected chi connectivity index (χ0v) is 15.3. The number of nitrogens with zero attached hydrogens (tertiary/aromatic N) is 2. The van der Waals surface area contributed by atoms with Gasteiger partial charge in [-0.05, 0) is 35.1 Å². The van der Waals surface area contributed by atoms with Crippen LogP contribution >= 0.6 is 27.3 Å². The lowest BCUT2D eigenvalue weighted by atomic mass is 10.4. The Morgan fingerprint density at radius 2 is 2.14 bits per heavy atom. The van der Waals surface area contributed by atoms with Crippen molar-refractivity contribution < 1.29 is 8.42 Å². The van der Waals surface area contributed by atoms with E-state index >= 15 is 0 Å². The van der Waals surface area contributed by atoms with Crippen molar-refractivity contribution in [1.82, 2.24) is 14.2 Å². The molecule has 0 aliphatic carbocycles. The fraction of sp³-hybridized carbons (Fsp3) is 0.385. The van der Waals surface area contributed by atoms with E-state index in [1.165, 1.54) is 15.6 Å². The van der Waals surface area contributed by atoms with Gasteiger partial charge in [0.1, 0.15) is 4.90 Å². The van der Waals surface area contributed by atoms with Gasteiger partial charge in [-0.25, -0.2) is 8.42 Å². The maximum atomic E-state index is 12.6. The molecule has 116 valence electrons. The number of hydrogen-bond acceptors (Lipinski definition) is 4. The van der Waals surface area contributed by atoms with Crippen molar-refractivity contribution in [2.45, 2.75) is 18.0 Å². The number of nitrogens with one attached hydrogen (secondary N) is 1. The van der Waals surface area contributed by atoms with Crippen molar-refractivity contribution in [1.29, 1.82) is 0 Å². The monoisotopic (exact) mass is 391 g/mol. The smallest absolute Gasteiger partial charge is 0.244 e. The first kappa shape index (κ1) is 16.7. The molecule has 0 spiro atoms. The number of thiophene rings is 1. The van der Waals surface area contributed by atoms with Crippen molar-refractivity contribution >= 4 is 37.3 Å². The van der Waals surface area contributed by atoms with Crippen LogP contribution in [0.5, 0.6) is 0 Å². The highest BCUT2D eigenvalue weighted by Gasteiger charge is 2.23. The quantitative estimate of drug-likeness (QED) is 0.822. The van der Waals surface area contributed by atoms with E-state index in [9.17, 15) is 8.42 Å². The lowest BCUT2D eigenvalue weighted by molar-refractivity contribution is 0.469. The lowest BCUT2D eigenvalue weighted by Gasteiger charge is -2.15. The summed E-state index contributed by atoms with van der Waals surface area (Å²) in [4.78, 5) is 1.33. The molecule has 2 heterocycles. The molecule has 0 radical (unpaired) electrons. The SMILES string of the molecule is CNCc1cc(S(=O)(=O)N(C)Cc2cc(Br)cs2)cn1C. The highest BCUT2D eigenvalue weighted by molar-refractivity contribution is 9.10. The van der Waals surface area contributed by atoms with Crippen LogP contribution in [0.3, 0.4) is 0 Å². The lowest BCUT2D eigenvalue weighted by Crippen LogP contribution is -2.25. The molecule has 0 saturated carbocycles. The Balaban J connectivity index is 2.22. The van der Waals surface area contributed by atoms with E-state index in [-0.39, 0.29) is 0 Å². The Morgan fingerprint density at radius 1 is 1.43 bits per heavy atom. The van der Waals surface area contributed by atoms with Gasteiger partial charge in [-0.3, -0.25) is 0 Å². The summed E-state index contributed by atoms with van der Waals surface area (Å²) in [7, 11) is 1.82. The summed E-state index contributed by atoms with van der Waals surface area (Å²) in [6.45, 7) is 1.00. The van der Waals surface area contributed by atoms with Crippen molar-refractivity contribution in [3.63, 3.8) is 0 Å². The van der Waals surface area contributed by atoms with Crippen molar-refractivity contribution in [2.24, 2.45) is 7.05 Å². The molecule has 0 aliphatic heterocycles. The van der Waals surface area contributed by atoms with Gasteiger partial charge in [0, 0.05) is 53.8 Å². The minimum absolute atomic E-state index is 0.327. The second-order valence-electron chi connectivity index (χ2n) is 4.80. The van der Waals surface area contributed by atoms with Crippen LogP contribution in [0.25, 0.3) is 0 Å². The van der Waals surface area contributed by atoms with Crippen LogP contribution in [-0.4, -0.2) is 31.4 Å². The molecular weight excluding hydrogens is 374 g/mol. The van der Waals surface area contributed by atoms with Crippen LogP contribution in [-0.2, 0) is 30.2 Å². The normalized spacial score (nSPS) is 12.2. The fourth-order valence-corrected chi connectivity index (χ4v) is 4.83. The summed E-state index contributed by atoms with van der Waals surface area (Å²) in [6, 6.07) is 3.65. The second kappa shape index (κ2) is 6.62. The summed E-state index contributed by atoms with van der Waals surface area (Å²) in [5, 5.41) is 4.98. The zero-order chi connectivity index (χ0) is 15.6. The molecule has 0 amide bonds. The van der Waals surface area contributed by atoms with E-state index in [0.717, 1.165) is 15.0 Å². The first-order valence-electron chi connectivity index (χ1n) is 6.33. The third-order valence-corrected chi connectivity index (χ3v) is 6.60. The van der Waals surface area contributed by atoms with Gasteiger partial charge in [0.15, 0.2) is 0 Å². The molecule has 0 atom stereocenters. The number of rotatable bonds is 6. The third kappa shape index (κ3) is 3.75. The van der Waals surface area contributed by atoms with E-state index in [0.29, 0.717) is 18.0 Å². The van der Waals surface area contributed by atoms with Crippen LogP contribution in [0.2, 0.25) is 0 Å². The maximum absolute atomic E-state index is 12.6. The van der Waals surface area contributed by atoms with Crippen molar-refractivity contribution in [2.75, 3.05) is 14.1 Å². The van der Waals surface area contributed by atoms with Crippen LogP contribution < -0.4 is 5.32 Å². The molecule has 2 rings (SSSR count). The molecule has 21 heavy (non-hydrogen) atoms. The number of hydrogen-bond donors (Lipinski definition) is 1. The van der Waals surface area contributed by atoms with Crippen LogP contribution in [0, 0.1) is 0 Å². The van der Waals surface area contributed by atoms with E-state index in [2.05, 4.69) is 21.2 Å². The van der Waals surface area contributed by atoms with Crippen LogP contribution in [0.15, 0.2) is 33.1 Å². The van der Waals surface area contributed by atoms with Gasteiger partial charge in [0.05, 0.1) is 0 Å². The molecule has 1 N–H and O–H groups in total. The van der Waals surface area contributed by atoms with Crippen LogP contribution in [0.4, 0.5) is 0 Å². The number of aromatic nitrogens is 1. The Labute approximate surface area is 137 Å². The first-order chi connectivity index (χ1) is 9.84. The third-order valence-electron chi connectivity index (χ3n) is 3.15. The van der Waals surface area contributed by atoms with E-state index < -0.39 is 10.0 Å². The summed E-state index contributed by atoms with van der Waals surface area (Å²) in [5.41, 5.74) is 0.934. The molecule has 0 aliphatic rings. The van der Waals surface area contributed by atoms with Gasteiger partial charge in [0.25, 0.3) is 0 Å². The minimum atomic E-state index is -3.47. The standard InChI is InChI=1S/C13H18BrN3O2S2/c1-15-6-11-5-13(8-16(11)2)21(18,19)17(3)7-12-4-10(14)9-20-12/h4-5,8-9,15H,6-7H2,1-3H3. The molecule has 2 aromatic heterocycles. The molecule has 8 heteroatoms. The molecule has 0 unspecified atom stereocenters. The molecule has 0 saturated heterocycles. The molecular formula is C13H18BrN3O2S2. The van der Waals surface area contributed by atoms with E-state index in [4.69, 9.17) is 0 Å². The molecule has 0 bridgehead atoms.